The Kier molecular flexibility index (Phi) is 5.64. The third kappa shape index (κ3) is 4.20. The van der Waals surface area contributed by atoms with E-state index in [0.717, 1.165) is 19.5 Å². The minimum atomic E-state index is 0.962. The molecule has 2 rings (SSSR count). The molecule has 0 radical (unpaired) electrons. The maximum Gasteiger partial charge on any atom is 0.129 e. The van der Waals surface area contributed by atoms with Gasteiger partial charge in [0.1, 0.15) is 5.82 Å². The molecular weight excluding hydrogens is 234 g/mol. The molecule has 0 aliphatic carbocycles. The summed E-state index contributed by atoms with van der Waals surface area (Å²) in [4.78, 5) is 7.25. The average Bonchev–Trinajstić information content (AvgIpc) is 2.48. The molecule has 1 aromatic rings. The molecule has 0 saturated carbocycles. The van der Waals surface area contributed by atoms with Gasteiger partial charge in [-0.05, 0) is 56.3 Å². The summed E-state index contributed by atoms with van der Waals surface area (Å²) in [7, 11) is 0. The molecule has 1 aliphatic heterocycles. The van der Waals surface area contributed by atoms with Gasteiger partial charge < -0.3 is 10.2 Å². The number of nitrogens with one attached hydrogen (secondary N) is 1. The van der Waals surface area contributed by atoms with Gasteiger partial charge in [0.15, 0.2) is 0 Å². The molecule has 3 heteroatoms. The van der Waals surface area contributed by atoms with Gasteiger partial charge in [0.25, 0.3) is 0 Å². The summed E-state index contributed by atoms with van der Waals surface area (Å²) in [6, 6.07) is 4.52. The van der Waals surface area contributed by atoms with Gasteiger partial charge in [0, 0.05) is 25.3 Å². The van der Waals surface area contributed by atoms with E-state index in [1.165, 1.54) is 55.8 Å². The first-order valence-corrected chi connectivity index (χ1v) is 7.79. The highest BCUT2D eigenvalue weighted by atomic mass is 15.2. The number of hydrogen-bond acceptors (Lipinski definition) is 3. The van der Waals surface area contributed by atoms with Crippen LogP contribution in [0.1, 0.15) is 50.8 Å². The van der Waals surface area contributed by atoms with E-state index in [9.17, 15) is 0 Å². The topological polar surface area (TPSA) is 28.2 Å². The fourth-order valence-corrected chi connectivity index (χ4v) is 2.61. The Labute approximate surface area is 117 Å². The van der Waals surface area contributed by atoms with Gasteiger partial charge in [-0.25, -0.2) is 4.98 Å². The molecule has 19 heavy (non-hydrogen) atoms. The molecule has 1 aliphatic rings. The SMILES string of the molecule is CCCNCc1cc(CC)nc(N2CCCCC2)c1. The van der Waals surface area contributed by atoms with Crippen LogP contribution in [0.5, 0.6) is 0 Å². The molecule has 1 fully saturated rings. The summed E-state index contributed by atoms with van der Waals surface area (Å²) < 4.78 is 0. The lowest BCUT2D eigenvalue weighted by atomic mass is 10.1. The molecule has 0 bridgehead atoms. The largest absolute Gasteiger partial charge is 0.357 e. The molecule has 0 unspecified atom stereocenters. The molecule has 106 valence electrons. The van der Waals surface area contributed by atoms with Gasteiger partial charge in [-0.1, -0.05) is 13.8 Å². The Morgan fingerprint density at radius 3 is 2.63 bits per heavy atom. The van der Waals surface area contributed by atoms with Crippen LogP contribution in [-0.2, 0) is 13.0 Å². The maximum atomic E-state index is 4.80. The van der Waals surface area contributed by atoms with Crippen LogP contribution < -0.4 is 10.2 Å². The summed E-state index contributed by atoms with van der Waals surface area (Å²) >= 11 is 0. The Morgan fingerprint density at radius 2 is 1.95 bits per heavy atom. The molecule has 0 atom stereocenters. The van der Waals surface area contributed by atoms with Crippen LogP contribution in [0.2, 0.25) is 0 Å². The second kappa shape index (κ2) is 7.49. The van der Waals surface area contributed by atoms with Gasteiger partial charge in [-0.15, -0.1) is 0 Å². The van der Waals surface area contributed by atoms with Gasteiger partial charge >= 0.3 is 0 Å². The molecule has 1 saturated heterocycles. The van der Waals surface area contributed by atoms with Gasteiger partial charge in [-0.2, -0.15) is 0 Å². The quantitative estimate of drug-likeness (QED) is 0.797. The molecular formula is C16H27N3. The first-order chi connectivity index (χ1) is 9.33. The zero-order valence-corrected chi connectivity index (χ0v) is 12.4. The molecule has 2 heterocycles. The Hall–Kier alpha value is -1.09. The number of piperidine rings is 1. The monoisotopic (exact) mass is 261 g/mol. The number of hydrogen-bond donors (Lipinski definition) is 1. The molecule has 0 amide bonds. The molecule has 1 aromatic heterocycles. The number of rotatable bonds is 6. The fourth-order valence-electron chi connectivity index (χ4n) is 2.61. The smallest absolute Gasteiger partial charge is 0.129 e. The molecule has 1 N–H and O–H groups in total. The third-order valence-corrected chi connectivity index (χ3v) is 3.72. The first-order valence-electron chi connectivity index (χ1n) is 7.79. The minimum Gasteiger partial charge on any atom is -0.357 e. The lowest BCUT2D eigenvalue weighted by Gasteiger charge is -2.28. The van der Waals surface area contributed by atoms with Crippen LogP contribution >= 0.6 is 0 Å². The van der Waals surface area contributed by atoms with Gasteiger partial charge in [0.2, 0.25) is 0 Å². The Balaban J connectivity index is 2.10. The van der Waals surface area contributed by atoms with Crippen LogP contribution in [0.25, 0.3) is 0 Å². The van der Waals surface area contributed by atoms with Crippen molar-refractivity contribution in [1.29, 1.82) is 0 Å². The van der Waals surface area contributed by atoms with E-state index in [0.29, 0.717) is 0 Å². The summed E-state index contributed by atoms with van der Waals surface area (Å²) in [5.41, 5.74) is 2.59. The van der Waals surface area contributed by atoms with E-state index < -0.39 is 0 Å². The standard InChI is InChI=1S/C16H27N3/c1-3-8-17-13-14-11-15(4-2)18-16(12-14)19-9-6-5-7-10-19/h11-12,17H,3-10,13H2,1-2H3. The number of pyridine rings is 1. The highest BCUT2D eigenvalue weighted by Gasteiger charge is 2.13. The average molecular weight is 261 g/mol. The van der Waals surface area contributed by atoms with Gasteiger partial charge in [-0.3, -0.25) is 0 Å². The van der Waals surface area contributed by atoms with E-state index in [-0.39, 0.29) is 0 Å². The number of anilines is 1. The molecule has 0 spiro atoms. The number of aryl methyl sites for hydroxylation is 1. The second-order valence-electron chi connectivity index (χ2n) is 5.40. The lowest BCUT2D eigenvalue weighted by Crippen LogP contribution is -2.30. The van der Waals surface area contributed by atoms with Crippen molar-refractivity contribution < 1.29 is 0 Å². The second-order valence-corrected chi connectivity index (χ2v) is 5.40. The predicted octanol–water partition coefficient (Wildman–Crippen LogP) is 3.13. The third-order valence-electron chi connectivity index (χ3n) is 3.72. The van der Waals surface area contributed by atoms with Crippen LogP contribution in [0.3, 0.4) is 0 Å². The summed E-state index contributed by atoms with van der Waals surface area (Å²) in [6.45, 7) is 8.78. The van der Waals surface area contributed by atoms with Crippen molar-refractivity contribution in [1.82, 2.24) is 10.3 Å². The first kappa shape index (κ1) is 14.3. The summed E-state index contributed by atoms with van der Waals surface area (Å²) in [6.07, 6.45) is 6.19. The maximum absolute atomic E-state index is 4.80. The van der Waals surface area contributed by atoms with Crippen LogP contribution in [0.15, 0.2) is 12.1 Å². The minimum absolute atomic E-state index is 0.962. The lowest BCUT2D eigenvalue weighted by molar-refractivity contribution is 0.572. The fraction of sp³-hybridized carbons (Fsp3) is 0.688. The molecule has 3 nitrogen and oxygen atoms in total. The summed E-state index contributed by atoms with van der Waals surface area (Å²) in [5.74, 6) is 1.19. The number of aromatic nitrogens is 1. The Bertz CT molecular complexity index is 384. The van der Waals surface area contributed by atoms with E-state index >= 15 is 0 Å². The van der Waals surface area contributed by atoms with Crippen molar-refractivity contribution in [3.05, 3.63) is 23.4 Å². The van der Waals surface area contributed by atoms with Crippen LogP contribution in [-0.4, -0.2) is 24.6 Å². The van der Waals surface area contributed by atoms with Crippen molar-refractivity contribution in [2.75, 3.05) is 24.5 Å². The van der Waals surface area contributed by atoms with Crippen molar-refractivity contribution in [2.24, 2.45) is 0 Å². The predicted molar refractivity (Wildman–Crippen MR) is 81.7 cm³/mol. The zero-order chi connectivity index (χ0) is 13.5. The van der Waals surface area contributed by atoms with Crippen molar-refractivity contribution >= 4 is 5.82 Å². The highest BCUT2D eigenvalue weighted by molar-refractivity contribution is 5.43. The van der Waals surface area contributed by atoms with E-state index in [4.69, 9.17) is 4.98 Å². The van der Waals surface area contributed by atoms with Crippen LogP contribution in [0, 0.1) is 0 Å². The van der Waals surface area contributed by atoms with Gasteiger partial charge in [0.05, 0.1) is 0 Å². The summed E-state index contributed by atoms with van der Waals surface area (Å²) in [5, 5.41) is 3.49. The van der Waals surface area contributed by atoms with E-state index in [1.54, 1.807) is 0 Å². The zero-order valence-electron chi connectivity index (χ0n) is 12.4. The van der Waals surface area contributed by atoms with E-state index in [1.807, 2.05) is 0 Å². The van der Waals surface area contributed by atoms with Crippen molar-refractivity contribution in [3.8, 4) is 0 Å². The Morgan fingerprint density at radius 1 is 1.16 bits per heavy atom. The highest BCUT2D eigenvalue weighted by Crippen LogP contribution is 2.20. The number of nitrogens with zero attached hydrogens (tertiary/aromatic N) is 2. The van der Waals surface area contributed by atoms with Crippen molar-refractivity contribution in [3.63, 3.8) is 0 Å². The normalized spacial score (nSPS) is 15.8. The van der Waals surface area contributed by atoms with Crippen molar-refractivity contribution in [2.45, 2.75) is 52.5 Å². The molecule has 0 aromatic carbocycles. The van der Waals surface area contributed by atoms with E-state index in [2.05, 4.69) is 36.2 Å². The van der Waals surface area contributed by atoms with Crippen LogP contribution in [0.4, 0.5) is 5.82 Å².